The van der Waals surface area contributed by atoms with Gasteiger partial charge >= 0.3 is 17.9 Å². The van der Waals surface area contributed by atoms with Crippen LogP contribution in [0.2, 0.25) is 5.02 Å². The van der Waals surface area contributed by atoms with Crippen LogP contribution >= 0.6 is 11.6 Å². The van der Waals surface area contributed by atoms with Crippen LogP contribution in [0.4, 0.5) is 5.69 Å². The molecule has 0 radical (unpaired) electrons. The minimum Gasteiger partial charge on any atom is -0.466 e. The molecule has 0 saturated carbocycles. The monoisotopic (exact) mass is 481 g/mol. The van der Waals surface area contributed by atoms with Crippen LogP contribution in [0.1, 0.15) is 21.8 Å². The molecule has 3 rings (SSSR count). The van der Waals surface area contributed by atoms with E-state index in [2.05, 4.69) is 0 Å². The second kappa shape index (κ2) is 10.1. The predicted octanol–water partition coefficient (Wildman–Crippen LogP) is 3.02. The number of carbonyl (C=O) groups excluding carboxylic acids is 3. The Morgan fingerprint density at radius 3 is 2.15 bits per heavy atom. The predicted molar refractivity (Wildman–Crippen MR) is 122 cm³/mol. The molecule has 9 nitrogen and oxygen atoms in total. The van der Waals surface area contributed by atoms with Crippen molar-refractivity contribution in [2.45, 2.75) is 5.92 Å². The average molecular weight is 482 g/mol. The molecule has 174 valence electrons. The van der Waals surface area contributed by atoms with Gasteiger partial charge < -0.3 is 19.9 Å². The van der Waals surface area contributed by atoms with Gasteiger partial charge in [-0.3, -0.25) is 4.90 Å². The van der Waals surface area contributed by atoms with Crippen molar-refractivity contribution in [3.63, 3.8) is 0 Å². The lowest BCUT2D eigenvalue weighted by atomic mass is 9.80. The lowest BCUT2D eigenvalue weighted by molar-refractivity contribution is -0.139. The molecular weight excluding hydrogens is 462 g/mol. The molecule has 2 N–H and O–H groups in total. The van der Waals surface area contributed by atoms with Crippen molar-refractivity contribution in [2.24, 2.45) is 5.73 Å². The molecule has 0 bridgehead atoms. The highest BCUT2D eigenvalue weighted by Gasteiger charge is 2.43. The quantitative estimate of drug-likeness (QED) is 0.505. The van der Waals surface area contributed by atoms with Crippen LogP contribution in [0.5, 0.6) is 0 Å². The molecule has 2 aromatic rings. The number of anilines is 1. The molecule has 0 spiro atoms. The molecule has 1 atom stereocenters. The highest BCUT2D eigenvalue weighted by Crippen LogP contribution is 2.44. The molecule has 0 aliphatic carbocycles. The zero-order valence-electron chi connectivity index (χ0n) is 18.5. The molecule has 2 aromatic carbocycles. The molecule has 0 amide bonds. The van der Waals surface area contributed by atoms with Gasteiger partial charge in [0.15, 0.2) is 0 Å². The summed E-state index contributed by atoms with van der Waals surface area (Å²) in [5.41, 5.74) is 6.38. The number of rotatable bonds is 5. The number of allylic oxidation sites excluding steroid dienone is 1. The summed E-state index contributed by atoms with van der Waals surface area (Å²) in [6.07, 6.45) is 0. The Hall–Kier alpha value is -4.29. The van der Waals surface area contributed by atoms with Crippen LogP contribution in [0.15, 0.2) is 71.2 Å². The van der Waals surface area contributed by atoms with Gasteiger partial charge in [-0.05, 0) is 23.8 Å². The number of hydrogen-bond acceptors (Lipinski definition) is 9. The summed E-state index contributed by atoms with van der Waals surface area (Å²) >= 11 is 6.19. The number of nitrogens with two attached hydrogens (primary N) is 1. The van der Waals surface area contributed by atoms with E-state index in [0.29, 0.717) is 5.56 Å². The average Bonchev–Trinajstić information content (AvgIpc) is 2.86. The number of methoxy groups -OCH3 is 3. The molecule has 0 fully saturated rings. The Morgan fingerprint density at radius 1 is 0.971 bits per heavy atom. The summed E-state index contributed by atoms with van der Waals surface area (Å²) in [4.78, 5) is 39.8. The van der Waals surface area contributed by atoms with Gasteiger partial charge in [0.05, 0.1) is 55.7 Å². The van der Waals surface area contributed by atoms with Gasteiger partial charge in [0.1, 0.15) is 11.5 Å². The fourth-order valence-electron chi connectivity index (χ4n) is 3.74. The molecule has 0 saturated heterocycles. The highest BCUT2D eigenvalue weighted by molar-refractivity contribution is 6.31. The first kappa shape index (κ1) is 24.4. The van der Waals surface area contributed by atoms with Crippen molar-refractivity contribution in [2.75, 3.05) is 26.2 Å². The highest BCUT2D eigenvalue weighted by atomic mass is 35.5. The number of carbonyl (C=O) groups is 3. The summed E-state index contributed by atoms with van der Waals surface area (Å²) in [6, 6.07) is 14.8. The van der Waals surface area contributed by atoms with Crippen molar-refractivity contribution in [1.82, 2.24) is 0 Å². The third-order valence-corrected chi connectivity index (χ3v) is 5.45. The zero-order chi connectivity index (χ0) is 25.0. The third-order valence-electron chi connectivity index (χ3n) is 5.22. The first-order chi connectivity index (χ1) is 16.3. The van der Waals surface area contributed by atoms with Crippen molar-refractivity contribution in [3.05, 3.63) is 87.3 Å². The minimum absolute atomic E-state index is 0.0120. The molecule has 1 aliphatic rings. The van der Waals surface area contributed by atoms with E-state index >= 15 is 0 Å². The van der Waals surface area contributed by atoms with Gasteiger partial charge in [0, 0.05) is 5.02 Å². The van der Waals surface area contributed by atoms with Crippen LogP contribution in [-0.2, 0) is 23.8 Å². The largest absolute Gasteiger partial charge is 0.466 e. The number of esters is 3. The van der Waals surface area contributed by atoms with Gasteiger partial charge in [-0.1, -0.05) is 41.9 Å². The SMILES string of the molecule is COC(=O)C1=C(C(=O)OC)N(c2cc(Cl)ccc2C(=O)OC)C(N)=C(C#N)C1c1ccccc1. The normalized spacial score (nSPS) is 15.5. The summed E-state index contributed by atoms with van der Waals surface area (Å²) < 4.78 is 14.8. The van der Waals surface area contributed by atoms with E-state index in [1.807, 2.05) is 6.07 Å². The zero-order valence-corrected chi connectivity index (χ0v) is 19.3. The Morgan fingerprint density at radius 2 is 1.59 bits per heavy atom. The van der Waals surface area contributed by atoms with Crippen LogP contribution < -0.4 is 10.6 Å². The maximum Gasteiger partial charge on any atom is 0.355 e. The van der Waals surface area contributed by atoms with Crippen molar-refractivity contribution in [3.8, 4) is 6.07 Å². The Labute approximate surface area is 200 Å². The van der Waals surface area contributed by atoms with Crippen molar-refractivity contribution >= 4 is 35.2 Å². The van der Waals surface area contributed by atoms with E-state index in [0.717, 1.165) is 19.1 Å². The molecule has 0 aromatic heterocycles. The van der Waals surface area contributed by atoms with Gasteiger partial charge in [0.25, 0.3) is 0 Å². The van der Waals surface area contributed by atoms with Gasteiger partial charge in [-0.2, -0.15) is 5.26 Å². The van der Waals surface area contributed by atoms with E-state index in [4.69, 9.17) is 31.5 Å². The maximum atomic E-state index is 13.1. The summed E-state index contributed by atoms with van der Waals surface area (Å²) in [5.74, 6) is -3.83. The lowest BCUT2D eigenvalue weighted by Gasteiger charge is -2.36. The van der Waals surface area contributed by atoms with E-state index in [-0.39, 0.29) is 38.9 Å². The second-order valence-corrected chi connectivity index (χ2v) is 7.42. The minimum atomic E-state index is -1.04. The standard InChI is InChI=1S/C24H20ClN3O6/c1-32-22(29)15-10-9-14(25)11-17(15)28-20(24(31)34-3)19(23(30)33-2)18(16(12-26)21(28)27)13-7-5-4-6-8-13/h4-11,18H,27H2,1-3H3. The van der Waals surface area contributed by atoms with Crippen LogP contribution in [0.3, 0.4) is 0 Å². The fraction of sp³-hybridized carbons (Fsp3) is 0.167. The topological polar surface area (TPSA) is 132 Å². The number of halogens is 1. The van der Waals surface area contributed by atoms with Crippen molar-refractivity contribution < 1.29 is 28.6 Å². The fourth-order valence-corrected chi connectivity index (χ4v) is 3.90. The van der Waals surface area contributed by atoms with Crippen LogP contribution in [0.25, 0.3) is 0 Å². The Balaban J connectivity index is 2.48. The van der Waals surface area contributed by atoms with Gasteiger partial charge in [-0.15, -0.1) is 0 Å². The number of hydrogen-bond donors (Lipinski definition) is 1. The molecule has 1 aliphatic heterocycles. The molecular formula is C24H20ClN3O6. The first-order valence-corrected chi connectivity index (χ1v) is 10.2. The van der Waals surface area contributed by atoms with E-state index in [9.17, 15) is 19.6 Å². The number of ether oxygens (including phenoxy) is 3. The number of nitriles is 1. The van der Waals surface area contributed by atoms with E-state index in [1.165, 1.54) is 25.3 Å². The Bertz CT molecular complexity index is 1260. The Kier molecular flexibility index (Phi) is 7.24. The third kappa shape index (κ3) is 4.19. The summed E-state index contributed by atoms with van der Waals surface area (Å²) in [6.45, 7) is 0. The molecule has 1 unspecified atom stereocenters. The first-order valence-electron chi connectivity index (χ1n) is 9.84. The number of benzene rings is 2. The maximum absolute atomic E-state index is 13.1. The van der Waals surface area contributed by atoms with Crippen LogP contribution in [0, 0.1) is 11.3 Å². The molecule has 1 heterocycles. The molecule has 34 heavy (non-hydrogen) atoms. The molecule has 10 heteroatoms. The van der Waals surface area contributed by atoms with Crippen LogP contribution in [-0.4, -0.2) is 39.2 Å². The second-order valence-electron chi connectivity index (χ2n) is 6.99. The smallest absolute Gasteiger partial charge is 0.355 e. The van der Waals surface area contributed by atoms with E-state index in [1.54, 1.807) is 30.3 Å². The van der Waals surface area contributed by atoms with Crippen molar-refractivity contribution in [1.29, 1.82) is 5.26 Å². The van der Waals surface area contributed by atoms with Gasteiger partial charge in [0.2, 0.25) is 0 Å². The lowest BCUT2D eigenvalue weighted by Crippen LogP contribution is -2.41. The van der Waals surface area contributed by atoms with Gasteiger partial charge in [-0.25, -0.2) is 14.4 Å². The number of nitrogens with zero attached hydrogens (tertiary/aromatic N) is 2. The summed E-state index contributed by atoms with van der Waals surface area (Å²) in [5, 5.41) is 10.3. The van der Waals surface area contributed by atoms with E-state index < -0.39 is 23.8 Å². The summed E-state index contributed by atoms with van der Waals surface area (Å²) in [7, 11) is 3.45.